The van der Waals surface area contributed by atoms with Crippen LogP contribution in [-0.4, -0.2) is 57.3 Å². The van der Waals surface area contributed by atoms with Crippen molar-refractivity contribution in [2.24, 2.45) is 10.4 Å². The Kier molecular flexibility index (Phi) is 6.66. The number of nitrogens with zero attached hydrogens (tertiary/aromatic N) is 3. The highest BCUT2D eigenvalue weighted by molar-refractivity contribution is 14.0. The third-order valence-corrected chi connectivity index (χ3v) is 6.13. The van der Waals surface area contributed by atoms with Gasteiger partial charge in [0.15, 0.2) is 5.96 Å². The van der Waals surface area contributed by atoms with Gasteiger partial charge >= 0.3 is 0 Å². The Morgan fingerprint density at radius 1 is 1.12 bits per heavy atom. The predicted octanol–water partition coefficient (Wildman–Crippen LogP) is 3.09. The summed E-state index contributed by atoms with van der Waals surface area (Å²) in [4.78, 5) is 9.35. The van der Waals surface area contributed by atoms with Crippen molar-refractivity contribution in [2.45, 2.75) is 32.2 Å². The number of halogens is 1. The lowest BCUT2D eigenvalue weighted by Crippen LogP contribution is -2.42. The molecular formula is C20H31IN4O. The number of nitrogens with one attached hydrogen (secondary N) is 1. The van der Waals surface area contributed by atoms with Crippen LogP contribution >= 0.6 is 24.0 Å². The summed E-state index contributed by atoms with van der Waals surface area (Å²) >= 11 is 0. The molecule has 0 amide bonds. The Hall–Kier alpha value is -1.02. The number of anilines is 1. The smallest absolute Gasteiger partial charge is 0.193 e. The molecule has 2 heterocycles. The molecule has 0 aromatic heterocycles. The van der Waals surface area contributed by atoms with Crippen molar-refractivity contribution in [2.75, 3.05) is 51.3 Å². The topological polar surface area (TPSA) is 40.1 Å². The number of morpholine rings is 1. The van der Waals surface area contributed by atoms with Gasteiger partial charge in [-0.2, -0.15) is 0 Å². The van der Waals surface area contributed by atoms with Crippen molar-refractivity contribution in [1.29, 1.82) is 0 Å². The second kappa shape index (κ2) is 8.78. The molecule has 0 radical (unpaired) electrons. The first-order chi connectivity index (χ1) is 12.3. The van der Waals surface area contributed by atoms with E-state index in [0.29, 0.717) is 5.41 Å². The van der Waals surface area contributed by atoms with E-state index in [1.807, 2.05) is 7.05 Å². The number of hydrogen-bond donors (Lipinski definition) is 1. The van der Waals surface area contributed by atoms with E-state index in [4.69, 9.17) is 4.74 Å². The van der Waals surface area contributed by atoms with Crippen LogP contribution in [0.25, 0.3) is 0 Å². The van der Waals surface area contributed by atoms with Crippen molar-refractivity contribution in [3.05, 3.63) is 29.8 Å². The summed E-state index contributed by atoms with van der Waals surface area (Å²) in [7, 11) is 1.90. The van der Waals surface area contributed by atoms with Crippen LogP contribution in [0.5, 0.6) is 0 Å². The summed E-state index contributed by atoms with van der Waals surface area (Å²) in [6.07, 6.45) is 5.56. The van der Waals surface area contributed by atoms with Gasteiger partial charge in [-0.05, 0) is 42.4 Å². The summed E-state index contributed by atoms with van der Waals surface area (Å²) in [5.74, 6) is 1.06. The SMILES string of the molecule is CN=C(NCc1ccc(N2CCOCC2)cc1)N1CCC2(CCC2)C1.I. The van der Waals surface area contributed by atoms with Gasteiger partial charge in [-0.25, -0.2) is 0 Å². The highest BCUT2D eigenvalue weighted by Crippen LogP contribution is 2.47. The first kappa shape index (κ1) is 19.7. The maximum Gasteiger partial charge on any atom is 0.193 e. The Morgan fingerprint density at radius 2 is 1.85 bits per heavy atom. The van der Waals surface area contributed by atoms with E-state index < -0.39 is 0 Å². The molecule has 1 aromatic carbocycles. The molecular weight excluding hydrogens is 439 g/mol. The van der Waals surface area contributed by atoms with Gasteiger partial charge in [0.05, 0.1) is 13.2 Å². The highest BCUT2D eigenvalue weighted by atomic mass is 127. The largest absolute Gasteiger partial charge is 0.378 e. The monoisotopic (exact) mass is 470 g/mol. The van der Waals surface area contributed by atoms with Gasteiger partial charge in [-0.3, -0.25) is 4.99 Å². The van der Waals surface area contributed by atoms with Crippen LogP contribution < -0.4 is 10.2 Å². The van der Waals surface area contributed by atoms with E-state index in [0.717, 1.165) is 45.4 Å². The Morgan fingerprint density at radius 3 is 2.42 bits per heavy atom. The van der Waals surface area contributed by atoms with Crippen LogP contribution in [0.15, 0.2) is 29.3 Å². The molecule has 0 bridgehead atoms. The lowest BCUT2D eigenvalue weighted by atomic mass is 9.68. The number of ether oxygens (including phenoxy) is 1. The van der Waals surface area contributed by atoms with E-state index in [1.165, 1.54) is 43.5 Å². The lowest BCUT2D eigenvalue weighted by Gasteiger charge is -2.38. The fourth-order valence-corrected chi connectivity index (χ4v) is 4.36. The normalized spacial score (nSPS) is 22.1. The summed E-state index contributed by atoms with van der Waals surface area (Å²) in [5, 5.41) is 3.55. The maximum atomic E-state index is 5.43. The molecule has 1 saturated carbocycles. The predicted molar refractivity (Wildman–Crippen MR) is 118 cm³/mol. The summed E-state index contributed by atoms with van der Waals surface area (Å²) < 4.78 is 5.43. The molecule has 1 spiro atoms. The number of hydrogen-bond acceptors (Lipinski definition) is 3. The number of likely N-dealkylation sites (tertiary alicyclic amines) is 1. The highest BCUT2D eigenvalue weighted by Gasteiger charge is 2.43. The van der Waals surface area contributed by atoms with Crippen LogP contribution in [-0.2, 0) is 11.3 Å². The van der Waals surface area contributed by atoms with E-state index in [9.17, 15) is 0 Å². The summed E-state index contributed by atoms with van der Waals surface area (Å²) in [6.45, 7) is 6.80. The Labute approximate surface area is 174 Å². The van der Waals surface area contributed by atoms with Crippen molar-refractivity contribution < 1.29 is 4.74 Å². The number of aliphatic imine (C=N–C) groups is 1. The minimum absolute atomic E-state index is 0. The molecule has 5 nitrogen and oxygen atoms in total. The van der Waals surface area contributed by atoms with Crippen LogP contribution in [0.1, 0.15) is 31.2 Å². The van der Waals surface area contributed by atoms with Gasteiger partial charge in [-0.15, -0.1) is 24.0 Å². The molecule has 2 aliphatic heterocycles. The first-order valence-corrected chi connectivity index (χ1v) is 9.65. The molecule has 4 rings (SSSR count). The third-order valence-electron chi connectivity index (χ3n) is 6.13. The zero-order chi connectivity index (χ0) is 17.1. The van der Waals surface area contributed by atoms with Crippen LogP contribution in [0, 0.1) is 5.41 Å². The fraction of sp³-hybridized carbons (Fsp3) is 0.650. The van der Waals surface area contributed by atoms with Gasteiger partial charge in [0, 0.05) is 45.5 Å². The zero-order valence-corrected chi connectivity index (χ0v) is 18.1. The Balaban J connectivity index is 0.00000196. The second-order valence-electron chi connectivity index (χ2n) is 7.69. The minimum Gasteiger partial charge on any atom is -0.378 e. The first-order valence-electron chi connectivity index (χ1n) is 9.65. The summed E-state index contributed by atoms with van der Waals surface area (Å²) in [6, 6.07) is 8.90. The molecule has 0 atom stereocenters. The van der Waals surface area contributed by atoms with Crippen LogP contribution in [0.3, 0.4) is 0 Å². The van der Waals surface area contributed by atoms with Gasteiger partial charge < -0.3 is 19.9 Å². The van der Waals surface area contributed by atoms with Gasteiger partial charge in [0.1, 0.15) is 0 Å². The lowest BCUT2D eigenvalue weighted by molar-refractivity contribution is 0.122. The van der Waals surface area contributed by atoms with Gasteiger partial charge in [0.2, 0.25) is 0 Å². The minimum atomic E-state index is 0. The number of rotatable bonds is 3. The van der Waals surface area contributed by atoms with E-state index >= 15 is 0 Å². The fourth-order valence-electron chi connectivity index (χ4n) is 4.36. The molecule has 1 aromatic rings. The molecule has 26 heavy (non-hydrogen) atoms. The number of benzene rings is 1. The average Bonchev–Trinajstić information content (AvgIpc) is 3.10. The van der Waals surface area contributed by atoms with E-state index in [-0.39, 0.29) is 24.0 Å². The quantitative estimate of drug-likeness (QED) is 0.419. The molecule has 3 fully saturated rings. The molecule has 6 heteroatoms. The Bertz CT molecular complexity index is 609. The molecule has 3 aliphatic rings. The van der Waals surface area contributed by atoms with E-state index in [2.05, 4.69) is 44.4 Å². The molecule has 1 aliphatic carbocycles. The number of guanidine groups is 1. The van der Waals surface area contributed by atoms with Gasteiger partial charge in [-0.1, -0.05) is 18.6 Å². The van der Waals surface area contributed by atoms with Crippen LogP contribution in [0.4, 0.5) is 5.69 Å². The zero-order valence-electron chi connectivity index (χ0n) is 15.7. The van der Waals surface area contributed by atoms with Crippen molar-refractivity contribution >= 4 is 35.6 Å². The van der Waals surface area contributed by atoms with Crippen molar-refractivity contribution in [1.82, 2.24) is 10.2 Å². The van der Waals surface area contributed by atoms with Crippen LogP contribution in [0.2, 0.25) is 0 Å². The third kappa shape index (κ3) is 4.27. The second-order valence-corrected chi connectivity index (χ2v) is 7.69. The average molecular weight is 470 g/mol. The standard InChI is InChI=1S/C20H30N4O.HI/c1-21-19(24-10-9-20(16-24)7-2-8-20)22-15-17-3-5-18(6-4-17)23-11-13-25-14-12-23;/h3-6H,2,7-16H2,1H3,(H,21,22);1H. The van der Waals surface area contributed by atoms with Crippen molar-refractivity contribution in [3.8, 4) is 0 Å². The van der Waals surface area contributed by atoms with Gasteiger partial charge in [0.25, 0.3) is 0 Å². The van der Waals surface area contributed by atoms with Crippen molar-refractivity contribution in [3.63, 3.8) is 0 Å². The van der Waals surface area contributed by atoms with E-state index in [1.54, 1.807) is 0 Å². The molecule has 144 valence electrons. The summed E-state index contributed by atoms with van der Waals surface area (Å²) in [5.41, 5.74) is 3.20. The molecule has 1 N–H and O–H groups in total. The molecule has 2 saturated heterocycles. The maximum absolute atomic E-state index is 5.43. The molecule has 0 unspecified atom stereocenters.